The fraction of sp³-hybridized carbons (Fsp3) is 0.231. The van der Waals surface area contributed by atoms with Crippen LogP contribution in [-0.2, 0) is 4.79 Å². The van der Waals surface area contributed by atoms with E-state index in [-0.39, 0.29) is 11.7 Å². The van der Waals surface area contributed by atoms with E-state index in [1.54, 1.807) is 31.6 Å². The van der Waals surface area contributed by atoms with Crippen LogP contribution in [0.1, 0.15) is 29.7 Å². The molecule has 0 fully saturated rings. The van der Waals surface area contributed by atoms with E-state index >= 15 is 0 Å². The third-order valence-corrected chi connectivity index (χ3v) is 5.58. The van der Waals surface area contributed by atoms with E-state index in [1.165, 1.54) is 12.1 Å². The molecular formula is C26H26FN3O2. The van der Waals surface area contributed by atoms with Gasteiger partial charge in [-0.05, 0) is 66.8 Å². The molecule has 0 unspecified atom stereocenters. The molecule has 0 bridgehead atoms. The third-order valence-electron chi connectivity index (χ3n) is 5.58. The second-order valence-corrected chi connectivity index (χ2v) is 7.79. The molecule has 1 aromatic heterocycles. The van der Waals surface area contributed by atoms with Gasteiger partial charge in [0.15, 0.2) is 0 Å². The minimum Gasteiger partial charge on any atom is -0.495 e. The summed E-state index contributed by atoms with van der Waals surface area (Å²) in [4.78, 5) is 18.9. The van der Waals surface area contributed by atoms with Gasteiger partial charge in [-0.2, -0.15) is 0 Å². The lowest BCUT2D eigenvalue weighted by molar-refractivity contribution is -0.125. The van der Waals surface area contributed by atoms with Crippen LogP contribution in [0.4, 0.5) is 4.39 Å². The summed E-state index contributed by atoms with van der Waals surface area (Å²) in [7, 11) is 1.63. The van der Waals surface area contributed by atoms with Crippen molar-refractivity contribution < 1.29 is 13.9 Å². The summed E-state index contributed by atoms with van der Waals surface area (Å²) >= 11 is 0. The molecule has 4 rings (SSSR count). The first-order chi connectivity index (χ1) is 15.5. The number of benzene rings is 2. The highest BCUT2D eigenvalue weighted by molar-refractivity contribution is 5.92. The van der Waals surface area contributed by atoms with E-state index in [9.17, 15) is 9.18 Å². The number of carbonyl (C=O) groups is 1. The van der Waals surface area contributed by atoms with E-state index < -0.39 is 0 Å². The Kier molecular flexibility index (Phi) is 6.50. The molecule has 1 aliphatic rings. The van der Waals surface area contributed by atoms with Crippen LogP contribution in [-0.4, -0.2) is 40.6 Å². The molecule has 6 heteroatoms. The first-order valence-electron chi connectivity index (χ1n) is 10.6. The van der Waals surface area contributed by atoms with Crippen LogP contribution in [0.25, 0.3) is 17.3 Å². The second-order valence-electron chi connectivity index (χ2n) is 7.79. The first-order valence-corrected chi connectivity index (χ1v) is 10.6. The Labute approximate surface area is 187 Å². The molecule has 0 atom stereocenters. The minimum absolute atomic E-state index is 0.0213. The Morgan fingerprint density at radius 2 is 1.97 bits per heavy atom. The zero-order chi connectivity index (χ0) is 22.5. The van der Waals surface area contributed by atoms with Crippen molar-refractivity contribution in [2.24, 2.45) is 0 Å². The lowest BCUT2D eigenvalue weighted by atomic mass is 10.0. The van der Waals surface area contributed by atoms with Crippen LogP contribution in [0.15, 0.2) is 67.1 Å². The van der Waals surface area contributed by atoms with Crippen LogP contribution in [0.5, 0.6) is 5.75 Å². The van der Waals surface area contributed by atoms with E-state index in [2.05, 4.69) is 11.1 Å². The molecule has 0 saturated heterocycles. The number of rotatable bonds is 5. The van der Waals surface area contributed by atoms with Crippen LogP contribution in [0, 0.1) is 12.7 Å². The molecule has 0 spiro atoms. The summed E-state index contributed by atoms with van der Waals surface area (Å²) in [6.07, 6.45) is 10.8. The molecule has 1 amide bonds. The molecule has 3 aromatic rings. The van der Waals surface area contributed by atoms with Crippen LogP contribution < -0.4 is 4.74 Å². The van der Waals surface area contributed by atoms with Gasteiger partial charge in [0.05, 0.1) is 24.8 Å². The Bertz CT molecular complexity index is 1160. The normalized spacial score (nSPS) is 14.3. The number of aryl methyl sites for hydroxylation is 1. The number of nitrogens with zero attached hydrogens (tertiary/aromatic N) is 3. The number of aromatic nitrogens is 2. The molecule has 0 aliphatic carbocycles. The molecule has 164 valence electrons. The number of amides is 1. The maximum atomic E-state index is 13.2. The SMILES string of the molecule is COc1cc(/C=C/C(=O)N2CCC=C(c3ccc(F)cc3)CC2)ccc1-n1cnc(C)c1. The Morgan fingerprint density at radius 1 is 1.16 bits per heavy atom. The number of hydrogen-bond acceptors (Lipinski definition) is 3. The van der Waals surface area contributed by atoms with Gasteiger partial charge in [-0.1, -0.05) is 24.3 Å². The molecule has 1 aliphatic heterocycles. The Hall–Kier alpha value is -3.67. The second kappa shape index (κ2) is 9.64. The van der Waals surface area contributed by atoms with Gasteiger partial charge < -0.3 is 14.2 Å². The molecule has 32 heavy (non-hydrogen) atoms. The fourth-order valence-electron chi connectivity index (χ4n) is 3.85. The molecule has 2 aromatic carbocycles. The van der Waals surface area contributed by atoms with Crippen LogP contribution in [0.3, 0.4) is 0 Å². The molecule has 5 nitrogen and oxygen atoms in total. The fourth-order valence-corrected chi connectivity index (χ4v) is 3.85. The van der Waals surface area contributed by atoms with Gasteiger partial charge >= 0.3 is 0 Å². The number of ether oxygens (including phenoxy) is 1. The number of hydrogen-bond donors (Lipinski definition) is 0. The van der Waals surface area contributed by atoms with Crippen molar-refractivity contribution in [2.45, 2.75) is 19.8 Å². The quantitative estimate of drug-likeness (QED) is 0.531. The van der Waals surface area contributed by atoms with Crippen molar-refractivity contribution >= 4 is 17.6 Å². The van der Waals surface area contributed by atoms with Gasteiger partial charge in [0.25, 0.3) is 0 Å². The third kappa shape index (κ3) is 4.97. The average molecular weight is 432 g/mol. The van der Waals surface area contributed by atoms with Gasteiger partial charge in [-0.15, -0.1) is 0 Å². The predicted molar refractivity (Wildman–Crippen MR) is 124 cm³/mol. The molecule has 0 N–H and O–H groups in total. The lowest BCUT2D eigenvalue weighted by Crippen LogP contribution is -2.30. The Balaban J connectivity index is 1.41. The van der Waals surface area contributed by atoms with Crippen molar-refractivity contribution in [3.8, 4) is 11.4 Å². The van der Waals surface area contributed by atoms with Crippen molar-refractivity contribution in [1.82, 2.24) is 14.5 Å². The molecule has 2 heterocycles. The average Bonchev–Trinajstić information content (AvgIpc) is 3.09. The lowest BCUT2D eigenvalue weighted by Gasteiger charge is -2.18. The largest absolute Gasteiger partial charge is 0.495 e. The van der Waals surface area contributed by atoms with Gasteiger partial charge in [-0.25, -0.2) is 9.37 Å². The zero-order valence-corrected chi connectivity index (χ0v) is 18.3. The maximum Gasteiger partial charge on any atom is 0.246 e. The maximum absolute atomic E-state index is 13.2. The zero-order valence-electron chi connectivity index (χ0n) is 18.3. The number of imidazole rings is 1. The molecular weight excluding hydrogens is 405 g/mol. The first kappa shape index (κ1) is 21.6. The summed E-state index contributed by atoms with van der Waals surface area (Å²) in [6.45, 7) is 3.23. The summed E-state index contributed by atoms with van der Waals surface area (Å²) in [5, 5.41) is 0. The van der Waals surface area contributed by atoms with Crippen molar-refractivity contribution in [1.29, 1.82) is 0 Å². The monoisotopic (exact) mass is 431 g/mol. The summed E-state index contributed by atoms with van der Waals surface area (Å²) < 4.78 is 20.6. The number of halogens is 1. The van der Waals surface area contributed by atoms with E-state index in [0.717, 1.165) is 40.9 Å². The van der Waals surface area contributed by atoms with E-state index in [0.29, 0.717) is 18.8 Å². The van der Waals surface area contributed by atoms with E-state index in [4.69, 9.17) is 4.74 Å². The summed E-state index contributed by atoms with van der Waals surface area (Å²) in [6, 6.07) is 12.3. The van der Waals surface area contributed by atoms with E-state index in [1.807, 2.05) is 46.9 Å². The highest BCUT2D eigenvalue weighted by Crippen LogP contribution is 2.26. The van der Waals surface area contributed by atoms with Gasteiger partial charge in [-0.3, -0.25) is 4.79 Å². The summed E-state index contributed by atoms with van der Waals surface area (Å²) in [5.74, 6) is 0.446. The van der Waals surface area contributed by atoms with Crippen molar-refractivity contribution in [2.75, 3.05) is 20.2 Å². The topological polar surface area (TPSA) is 47.4 Å². The van der Waals surface area contributed by atoms with Crippen molar-refractivity contribution in [3.05, 3.63) is 89.8 Å². The Morgan fingerprint density at radius 3 is 2.69 bits per heavy atom. The molecule has 0 saturated carbocycles. The van der Waals surface area contributed by atoms with Gasteiger partial charge in [0.1, 0.15) is 11.6 Å². The predicted octanol–water partition coefficient (Wildman–Crippen LogP) is 5.05. The minimum atomic E-state index is -0.241. The van der Waals surface area contributed by atoms with Crippen molar-refractivity contribution in [3.63, 3.8) is 0 Å². The van der Waals surface area contributed by atoms with Gasteiger partial charge in [0, 0.05) is 25.4 Å². The van der Waals surface area contributed by atoms with Crippen LogP contribution >= 0.6 is 0 Å². The van der Waals surface area contributed by atoms with Crippen LogP contribution in [0.2, 0.25) is 0 Å². The molecule has 0 radical (unpaired) electrons. The number of methoxy groups -OCH3 is 1. The number of carbonyl (C=O) groups excluding carboxylic acids is 1. The smallest absolute Gasteiger partial charge is 0.246 e. The highest BCUT2D eigenvalue weighted by atomic mass is 19.1. The standard InChI is InChI=1S/C26H26FN3O2/c1-19-17-30(18-28-19)24-11-5-20(16-25(24)32-2)6-12-26(31)29-14-3-4-21(13-15-29)22-7-9-23(27)10-8-22/h4-12,16-18H,3,13-15H2,1-2H3/b12-6+. The highest BCUT2D eigenvalue weighted by Gasteiger charge is 2.15. The van der Waals surface area contributed by atoms with Gasteiger partial charge in [0.2, 0.25) is 5.91 Å². The summed E-state index contributed by atoms with van der Waals surface area (Å²) in [5.41, 5.74) is 4.87.